The van der Waals surface area contributed by atoms with Crippen molar-refractivity contribution in [3.05, 3.63) is 17.9 Å². The van der Waals surface area contributed by atoms with E-state index in [4.69, 9.17) is 9.52 Å². The maximum Gasteiger partial charge on any atom is 0.273 e. The van der Waals surface area contributed by atoms with Gasteiger partial charge in [-0.05, 0) is 38.8 Å². The Labute approximate surface area is 120 Å². The highest BCUT2D eigenvalue weighted by atomic mass is 32.2. The van der Waals surface area contributed by atoms with E-state index in [-0.39, 0.29) is 29.7 Å². The fraction of sp³-hybridized carbons (Fsp3) is 0.692. The number of hydrogen-bond donors (Lipinski definition) is 3. The lowest BCUT2D eigenvalue weighted by atomic mass is 10.1. The van der Waals surface area contributed by atoms with Gasteiger partial charge in [0.05, 0.1) is 6.54 Å². The average Bonchev–Trinajstić information content (AvgIpc) is 2.82. The molecule has 0 saturated heterocycles. The van der Waals surface area contributed by atoms with Gasteiger partial charge in [0, 0.05) is 18.7 Å². The van der Waals surface area contributed by atoms with Crippen molar-refractivity contribution in [2.75, 3.05) is 13.2 Å². The number of furan rings is 1. The summed E-state index contributed by atoms with van der Waals surface area (Å²) in [4.78, 5) is 0. The first-order chi connectivity index (χ1) is 9.14. The number of rotatable bonds is 7. The van der Waals surface area contributed by atoms with E-state index in [1.54, 1.807) is 13.0 Å². The third-order valence-electron chi connectivity index (χ3n) is 2.63. The van der Waals surface area contributed by atoms with Gasteiger partial charge in [0.2, 0.25) is 5.09 Å². The van der Waals surface area contributed by atoms with Gasteiger partial charge in [-0.3, -0.25) is 0 Å². The van der Waals surface area contributed by atoms with Crippen molar-refractivity contribution < 1.29 is 17.9 Å². The summed E-state index contributed by atoms with van der Waals surface area (Å²) in [5.41, 5.74) is -0.0688. The monoisotopic (exact) mass is 304 g/mol. The van der Waals surface area contributed by atoms with Crippen molar-refractivity contribution in [3.63, 3.8) is 0 Å². The highest BCUT2D eigenvalue weighted by Gasteiger charge is 2.20. The Kier molecular flexibility index (Phi) is 5.76. The van der Waals surface area contributed by atoms with Gasteiger partial charge in [-0.25, -0.2) is 13.1 Å². The van der Waals surface area contributed by atoms with Crippen LogP contribution in [0.4, 0.5) is 0 Å². The fourth-order valence-electron chi connectivity index (χ4n) is 1.34. The molecule has 1 unspecified atom stereocenters. The van der Waals surface area contributed by atoms with Gasteiger partial charge in [-0.15, -0.1) is 0 Å². The molecule has 1 aromatic rings. The normalized spacial score (nSPS) is 14.4. The van der Waals surface area contributed by atoms with Crippen LogP contribution < -0.4 is 10.0 Å². The number of nitrogens with one attached hydrogen (secondary N) is 2. The Morgan fingerprint density at radius 3 is 2.55 bits per heavy atom. The summed E-state index contributed by atoms with van der Waals surface area (Å²) in [6.45, 7) is 8.38. The highest BCUT2D eigenvalue weighted by Crippen LogP contribution is 2.14. The molecule has 0 saturated carbocycles. The third-order valence-corrected chi connectivity index (χ3v) is 3.92. The molecule has 0 amide bonds. The number of hydrogen-bond acceptors (Lipinski definition) is 5. The second kappa shape index (κ2) is 6.71. The minimum Gasteiger partial charge on any atom is -0.447 e. The topological polar surface area (TPSA) is 91.6 Å². The molecule has 0 aliphatic heterocycles. The maximum atomic E-state index is 12.0. The largest absolute Gasteiger partial charge is 0.447 e. The first kappa shape index (κ1) is 17.2. The Morgan fingerprint density at radius 1 is 1.35 bits per heavy atom. The minimum atomic E-state index is -3.65. The van der Waals surface area contributed by atoms with Crippen LogP contribution in [0.3, 0.4) is 0 Å². The molecule has 1 heterocycles. The van der Waals surface area contributed by atoms with Crippen LogP contribution >= 0.6 is 0 Å². The second-order valence-corrected chi connectivity index (χ2v) is 7.66. The van der Waals surface area contributed by atoms with Gasteiger partial charge in [0.15, 0.2) is 0 Å². The van der Waals surface area contributed by atoms with Crippen molar-refractivity contribution in [2.45, 2.75) is 44.9 Å². The summed E-state index contributed by atoms with van der Waals surface area (Å²) >= 11 is 0. The second-order valence-electron chi connectivity index (χ2n) is 5.96. The minimum absolute atomic E-state index is 0.0680. The average molecular weight is 304 g/mol. The lowest BCUT2D eigenvalue weighted by Gasteiger charge is -2.19. The van der Waals surface area contributed by atoms with E-state index in [1.807, 2.05) is 20.8 Å². The molecule has 0 fully saturated rings. The van der Waals surface area contributed by atoms with E-state index in [0.717, 1.165) is 0 Å². The third kappa shape index (κ3) is 5.62. The van der Waals surface area contributed by atoms with Crippen LogP contribution in [0.5, 0.6) is 0 Å². The summed E-state index contributed by atoms with van der Waals surface area (Å²) in [5, 5.41) is 12.0. The summed E-state index contributed by atoms with van der Waals surface area (Å²) in [5.74, 6) is 0.428. The molecular weight excluding hydrogens is 280 g/mol. The Bertz CT molecular complexity index is 517. The van der Waals surface area contributed by atoms with E-state index < -0.39 is 10.0 Å². The zero-order chi connectivity index (χ0) is 15.4. The van der Waals surface area contributed by atoms with E-state index >= 15 is 0 Å². The molecule has 0 radical (unpaired) electrons. The molecule has 7 heteroatoms. The molecule has 0 bridgehead atoms. The van der Waals surface area contributed by atoms with Gasteiger partial charge >= 0.3 is 0 Å². The predicted octanol–water partition coefficient (Wildman–Crippen LogP) is 1.07. The first-order valence-electron chi connectivity index (χ1n) is 6.58. The Hall–Kier alpha value is -0.890. The lowest BCUT2D eigenvalue weighted by molar-refractivity contribution is 0.238. The van der Waals surface area contributed by atoms with Crippen LogP contribution in [-0.2, 0) is 16.6 Å². The first-order valence-corrected chi connectivity index (χ1v) is 8.06. The molecule has 1 atom stereocenters. The molecule has 3 N–H and O–H groups in total. The Balaban J connectivity index is 2.66. The molecule has 0 aliphatic rings. The highest BCUT2D eigenvalue weighted by molar-refractivity contribution is 7.89. The van der Waals surface area contributed by atoms with Crippen LogP contribution in [0.1, 0.15) is 33.5 Å². The van der Waals surface area contributed by atoms with Gasteiger partial charge in [0.1, 0.15) is 5.76 Å². The van der Waals surface area contributed by atoms with E-state index in [0.29, 0.717) is 12.3 Å². The standard InChI is InChI=1S/C13H24N2O4S/c1-10(9-16)7-15-20(17,18)12-6-5-11(19-12)8-14-13(2,3)4/h5-6,10,14-16H,7-9H2,1-4H3. The van der Waals surface area contributed by atoms with Crippen LogP contribution in [0, 0.1) is 5.92 Å². The predicted molar refractivity (Wildman–Crippen MR) is 76.7 cm³/mol. The van der Waals surface area contributed by atoms with Crippen molar-refractivity contribution in [1.29, 1.82) is 0 Å². The quantitative estimate of drug-likeness (QED) is 0.701. The van der Waals surface area contributed by atoms with Gasteiger partial charge in [-0.2, -0.15) is 0 Å². The van der Waals surface area contributed by atoms with Crippen LogP contribution in [-0.4, -0.2) is 32.2 Å². The molecule has 116 valence electrons. The Morgan fingerprint density at radius 2 is 2.00 bits per heavy atom. The fourth-order valence-corrected chi connectivity index (χ4v) is 2.45. The molecular formula is C13H24N2O4S. The molecule has 1 aromatic heterocycles. The van der Waals surface area contributed by atoms with Crippen molar-refractivity contribution >= 4 is 10.0 Å². The van der Waals surface area contributed by atoms with Crippen molar-refractivity contribution in [2.24, 2.45) is 5.92 Å². The van der Waals surface area contributed by atoms with Gasteiger partial charge < -0.3 is 14.8 Å². The molecule has 0 aliphatic carbocycles. The SMILES string of the molecule is CC(CO)CNS(=O)(=O)c1ccc(CNC(C)(C)C)o1. The molecule has 20 heavy (non-hydrogen) atoms. The summed E-state index contributed by atoms with van der Waals surface area (Å²) in [6.07, 6.45) is 0. The maximum absolute atomic E-state index is 12.0. The number of aliphatic hydroxyl groups excluding tert-OH is 1. The van der Waals surface area contributed by atoms with Gasteiger partial charge in [0.25, 0.3) is 10.0 Å². The zero-order valence-electron chi connectivity index (χ0n) is 12.4. The van der Waals surface area contributed by atoms with Crippen molar-refractivity contribution in [1.82, 2.24) is 10.0 Å². The molecule has 0 aromatic carbocycles. The summed E-state index contributed by atoms with van der Waals surface area (Å²) in [6, 6.07) is 3.08. The van der Waals surface area contributed by atoms with Crippen molar-refractivity contribution in [3.8, 4) is 0 Å². The lowest BCUT2D eigenvalue weighted by Crippen LogP contribution is -2.34. The summed E-state index contributed by atoms with van der Waals surface area (Å²) < 4.78 is 31.7. The number of sulfonamides is 1. The van der Waals surface area contributed by atoms with Crippen LogP contribution in [0.15, 0.2) is 21.6 Å². The van der Waals surface area contributed by atoms with E-state index in [2.05, 4.69) is 10.0 Å². The van der Waals surface area contributed by atoms with Gasteiger partial charge in [-0.1, -0.05) is 6.92 Å². The molecule has 6 nitrogen and oxygen atoms in total. The van der Waals surface area contributed by atoms with Crippen LogP contribution in [0.2, 0.25) is 0 Å². The van der Waals surface area contributed by atoms with E-state index in [9.17, 15) is 8.42 Å². The summed E-state index contributed by atoms with van der Waals surface area (Å²) in [7, 11) is -3.65. The van der Waals surface area contributed by atoms with Crippen LogP contribution in [0.25, 0.3) is 0 Å². The molecule has 0 spiro atoms. The van der Waals surface area contributed by atoms with E-state index in [1.165, 1.54) is 6.07 Å². The number of aliphatic hydroxyl groups is 1. The smallest absolute Gasteiger partial charge is 0.273 e. The molecule has 1 rings (SSSR count). The zero-order valence-corrected chi connectivity index (χ0v) is 13.3.